The lowest BCUT2D eigenvalue weighted by Gasteiger charge is -2.10. The number of nitrogens with zero attached hydrogens (tertiary/aromatic N) is 7. The molecule has 1 aliphatic carbocycles. The van der Waals surface area contributed by atoms with Gasteiger partial charge in [-0.15, -0.1) is 5.10 Å². The topological polar surface area (TPSA) is 74.3 Å². The summed E-state index contributed by atoms with van der Waals surface area (Å²) in [6, 6.07) is 21.0. The molecule has 7 nitrogen and oxygen atoms in total. The fourth-order valence-electron chi connectivity index (χ4n) is 4.73. The highest BCUT2D eigenvalue weighted by Gasteiger charge is 2.44. The first-order chi connectivity index (χ1) is 16.1. The summed E-state index contributed by atoms with van der Waals surface area (Å²) in [4.78, 5) is 18.9. The van der Waals surface area contributed by atoms with Crippen molar-refractivity contribution in [3.05, 3.63) is 95.2 Å². The maximum absolute atomic E-state index is 5.06. The molecule has 1 aliphatic rings. The van der Waals surface area contributed by atoms with Crippen LogP contribution in [0.4, 0.5) is 0 Å². The van der Waals surface area contributed by atoms with E-state index in [1.807, 2.05) is 20.8 Å². The molecule has 33 heavy (non-hydrogen) atoms. The first kappa shape index (κ1) is 19.8. The molecule has 5 aromatic rings. The van der Waals surface area contributed by atoms with Gasteiger partial charge in [-0.05, 0) is 44.9 Å². The van der Waals surface area contributed by atoms with E-state index in [2.05, 4.69) is 80.3 Å². The van der Waals surface area contributed by atoms with E-state index in [-0.39, 0.29) is 0 Å². The molecule has 2 atom stereocenters. The number of aryl methyl sites for hydroxylation is 3. The molecule has 7 heteroatoms. The minimum absolute atomic E-state index is 0.321. The number of hydrogen-bond acceptors (Lipinski definition) is 5. The number of fused-ring (bicyclic) bond motifs is 1. The van der Waals surface area contributed by atoms with E-state index in [1.54, 1.807) is 4.68 Å². The van der Waals surface area contributed by atoms with Crippen molar-refractivity contribution in [2.45, 2.75) is 45.6 Å². The zero-order valence-corrected chi connectivity index (χ0v) is 19.0. The second kappa shape index (κ2) is 7.62. The van der Waals surface area contributed by atoms with Crippen LogP contribution >= 0.6 is 0 Å². The number of imidazole rings is 1. The van der Waals surface area contributed by atoms with Crippen molar-refractivity contribution in [2.24, 2.45) is 0 Å². The van der Waals surface area contributed by atoms with Crippen molar-refractivity contribution < 1.29 is 0 Å². The molecule has 3 heterocycles. The van der Waals surface area contributed by atoms with Crippen molar-refractivity contribution in [1.82, 2.24) is 34.3 Å². The second-order valence-corrected chi connectivity index (χ2v) is 8.80. The predicted molar refractivity (Wildman–Crippen MR) is 127 cm³/mol. The average molecular weight is 436 g/mol. The molecule has 0 spiro atoms. The van der Waals surface area contributed by atoms with Crippen molar-refractivity contribution in [3.63, 3.8) is 0 Å². The van der Waals surface area contributed by atoms with Gasteiger partial charge in [0.05, 0.1) is 16.7 Å². The Morgan fingerprint density at radius 1 is 0.818 bits per heavy atom. The molecule has 0 saturated heterocycles. The van der Waals surface area contributed by atoms with Gasteiger partial charge in [0.15, 0.2) is 5.82 Å². The first-order valence-electron chi connectivity index (χ1n) is 11.3. The lowest BCUT2D eigenvalue weighted by atomic mass is 10.2. The smallest absolute Gasteiger partial charge is 0.159 e. The lowest BCUT2D eigenvalue weighted by Crippen LogP contribution is -2.07. The Balaban J connectivity index is 1.37. The standard InChI is InChI=1S/C26H25N7/c1-16-28-23(14-25(29-16)33-18(3)27-17(2)31-33)20-13-21(20)26-30-22-11-7-8-12-24(22)32(26)15-19-9-5-4-6-10-19/h4-12,14,20-21H,13,15H2,1-3H3/t20-,21-/m1/s1. The van der Waals surface area contributed by atoms with Crippen molar-refractivity contribution in [2.75, 3.05) is 0 Å². The van der Waals surface area contributed by atoms with Crippen LogP contribution in [0, 0.1) is 20.8 Å². The Bertz CT molecular complexity index is 1470. The van der Waals surface area contributed by atoms with Crippen LogP contribution in [0.25, 0.3) is 16.9 Å². The molecule has 6 rings (SSSR count). The maximum atomic E-state index is 5.06. The zero-order valence-electron chi connectivity index (χ0n) is 19.0. The molecule has 0 N–H and O–H groups in total. The van der Waals surface area contributed by atoms with Gasteiger partial charge in [-0.25, -0.2) is 19.9 Å². The summed E-state index contributed by atoms with van der Waals surface area (Å²) < 4.78 is 4.17. The highest BCUT2D eigenvalue weighted by Crippen LogP contribution is 2.54. The minimum atomic E-state index is 0.321. The summed E-state index contributed by atoms with van der Waals surface area (Å²) >= 11 is 0. The Morgan fingerprint density at radius 2 is 1.61 bits per heavy atom. The van der Waals surface area contributed by atoms with Crippen LogP contribution in [0.3, 0.4) is 0 Å². The van der Waals surface area contributed by atoms with Crippen LogP contribution in [-0.2, 0) is 6.54 Å². The summed E-state index contributed by atoms with van der Waals surface area (Å²) in [6.07, 6.45) is 1.03. The van der Waals surface area contributed by atoms with Gasteiger partial charge in [0.2, 0.25) is 0 Å². The zero-order chi connectivity index (χ0) is 22.5. The second-order valence-electron chi connectivity index (χ2n) is 8.80. The molecule has 0 radical (unpaired) electrons. The Hall–Kier alpha value is -3.87. The van der Waals surface area contributed by atoms with E-state index in [1.165, 1.54) is 11.1 Å². The van der Waals surface area contributed by atoms with Gasteiger partial charge in [-0.2, -0.15) is 4.68 Å². The third kappa shape index (κ3) is 3.59. The fraction of sp³-hybridized carbons (Fsp3) is 0.269. The summed E-state index contributed by atoms with van der Waals surface area (Å²) in [6.45, 7) is 6.59. The molecular weight excluding hydrogens is 410 g/mol. The molecule has 3 aromatic heterocycles. The SMILES string of the molecule is Cc1nc([C@@H]2C[C@H]2c2nc3ccccc3n2Cc2ccccc2)cc(-n2nc(C)nc2C)n1. The van der Waals surface area contributed by atoms with Crippen LogP contribution < -0.4 is 0 Å². The molecule has 1 saturated carbocycles. The van der Waals surface area contributed by atoms with E-state index >= 15 is 0 Å². The van der Waals surface area contributed by atoms with Gasteiger partial charge in [0.1, 0.15) is 23.3 Å². The third-order valence-corrected chi connectivity index (χ3v) is 6.31. The van der Waals surface area contributed by atoms with Crippen LogP contribution in [-0.4, -0.2) is 34.3 Å². The number of rotatable bonds is 5. The van der Waals surface area contributed by atoms with Crippen molar-refractivity contribution >= 4 is 11.0 Å². The Kier molecular flexibility index (Phi) is 4.57. The van der Waals surface area contributed by atoms with E-state index in [0.717, 1.165) is 53.3 Å². The average Bonchev–Trinajstić information content (AvgIpc) is 3.43. The summed E-state index contributed by atoms with van der Waals surface area (Å²) in [5.41, 5.74) is 4.54. The van der Waals surface area contributed by atoms with E-state index in [9.17, 15) is 0 Å². The molecule has 0 aliphatic heterocycles. The fourth-order valence-corrected chi connectivity index (χ4v) is 4.73. The van der Waals surface area contributed by atoms with Crippen molar-refractivity contribution in [1.29, 1.82) is 0 Å². The third-order valence-electron chi connectivity index (χ3n) is 6.31. The molecule has 0 bridgehead atoms. The number of benzene rings is 2. The highest BCUT2D eigenvalue weighted by molar-refractivity contribution is 5.76. The summed E-state index contributed by atoms with van der Waals surface area (Å²) in [7, 11) is 0. The minimum Gasteiger partial charge on any atom is -0.323 e. The highest BCUT2D eigenvalue weighted by atomic mass is 15.4. The number of aromatic nitrogens is 7. The monoisotopic (exact) mass is 435 g/mol. The van der Waals surface area contributed by atoms with Gasteiger partial charge in [0, 0.05) is 24.4 Å². The first-order valence-corrected chi connectivity index (χ1v) is 11.3. The quantitative estimate of drug-likeness (QED) is 0.402. The van der Waals surface area contributed by atoms with E-state index in [0.29, 0.717) is 11.8 Å². The Morgan fingerprint density at radius 3 is 2.39 bits per heavy atom. The summed E-state index contributed by atoms with van der Waals surface area (Å²) in [5.74, 6) is 4.88. The van der Waals surface area contributed by atoms with Gasteiger partial charge in [-0.3, -0.25) is 0 Å². The van der Waals surface area contributed by atoms with Crippen LogP contribution in [0.15, 0.2) is 60.7 Å². The number of hydrogen-bond donors (Lipinski definition) is 0. The van der Waals surface area contributed by atoms with Gasteiger partial charge in [-0.1, -0.05) is 42.5 Å². The molecule has 1 fully saturated rings. The van der Waals surface area contributed by atoms with Crippen LogP contribution in [0.1, 0.15) is 52.8 Å². The van der Waals surface area contributed by atoms with Gasteiger partial charge >= 0.3 is 0 Å². The normalized spacial score (nSPS) is 17.5. The van der Waals surface area contributed by atoms with Gasteiger partial charge < -0.3 is 4.57 Å². The van der Waals surface area contributed by atoms with E-state index in [4.69, 9.17) is 9.97 Å². The molecule has 0 unspecified atom stereocenters. The maximum Gasteiger partial charge on any atom is 0.159 e. The van der Waals surface area contributed by atoms with Crippen LogP contribution in [0.5, 0.6) is 0 Å². The molecule has 0 amide bonds. The lowest BCUT2D eigenvalue weighted by molar-refractivity contribution is 0.732. The molecular formula is C26H25N7. The molecule has 164 valence electrons. The van der Waals surface area contributed by atoms with Crippen LogP contribution in [0.2, 0.25) is 0 Å². The van der Waals surface area contributed by atoms with E-state index < -0.39 is 0 Å². The predicted octanol–water partition coefficient (Wildman–Crippen LogP) is 4.65. The largest absolute Gasteiger partial charge is 0.323 e. The number of para-hydroxylation sites is 2. The van der Waals surface area contributed by atoms with Crippen molar-refractivity contribution in [3.8, 4) is 5.82 Å². The Labute approximate surface area is 192 Å². The summed E-state index contributed by atoms with van der Waals surface area (Å²) in [5, 5.41) is 4.51. The van der Waals surface area contributed by atoms with Gasteiger partial charge in [0.25, 0.3) is 0 Å². The molecule has 2 aromatic carbocycles.